The first-order valence-electron chi connectivity index (χ1n) is 6.84. The molecule has 1 aromatic rings. The molecule has 96 valence electrons. The lowest BCUT2D eigenvalue weighted by atomic mass is 9.76. The van der Waals surface area contributed by atoms with E-state index < -0.39 is 0 Å². The molecule has 1 atom stereocenters. The van der Waals surface area contributed by atoms with E-state index in [9.17, 15) is 4.79 Å². The second-order valence-corrected chi connectivity index (χ2v) is 5.59. The Bertz CT molecular complexity index is 423. The number of benzene rings is 1. The van der Waals surface area contributed by atoms with Crippen LogP contribution in [-0.2, 0) is 11.2 Å². The Morgan fingerprint density at radius 1 is 1.17 bits per heavy atom. The van der Waals surface area contributed by atoms with Crippen LogP contribution in [0.2, 0.25) is 0 Å². The van der Waals surface area contributed by atoms with Crippen LogP contribution in [-0.4, -0.2) is 25.0 Å². The fourth-order valence-electron chi connectivity index (χ4n) is 3.31. The average Bonchev–Trinajstić information content (AvgIpc) is 2.68. The summed E-state index contributed by atoms with van der Waals surface area (Å²) in [6.07, 6.45) is 3.94. The van der Waals surface area contributed by atoms with Gasteiger partial charge in [-0.05, 0) is 44.3 Å². The molecule has 0 aromatic heterocycles. The molecule has 3 rings (SSSR count). The summed E-state index contributed by atoms with van der Waals surface area (Å²) in [6.45, 7) is 1.96. The predicted molar refractivity (Wildman–Crippen MR) is 71.2 cm³/mol. The SMILES string of the molecule is O=C1NC(Cc2ccccc2)CC12CCNCC2. The molecule has 2 aliphatic rings. The summed E-state index contributed by atoms with van der Waals surface area (Å²) >= 11 is 0. The summed E-state index contributed by atoms with van der Waals surface area (Å²) in [5.41, 5.74) is 1.24. The Kier molecular flexibility index (Phi) is 3.08. The summed E-state index contributed by atoms with van der Waals surface area (Å²) in [5.74, 6) is 0.282. The van der Waals surface area contributed by atoms with Gasteiger partial charge in [-0.1, -0.05) is 30.3 Å². The van der Waals surface area contributed by atoms with Gasteiger partial charge in [-0.2, -0.15) is 0 Å². The Morgan fingerprint density at radius 3 is 2.61 bits per heavy atom. The van der Waals surface area contributed by atoms with Gasteiger partial charge in [0.2, 0.25) is 5.91 Å². The van der Waals surface area contributed by atoms with Gasteiger partial charge in [0.05, 0.1) is 5.41 Å². The molecule has 0 aliphatic carbocycles. The molecular weight excluding hydrogens is 224 g/mol. The highest BCUT2D eigenvalue weighted by molar-refractivity contribution is 5.85. The number of carbonyl (C=O) groups is 1. The molecule has 1 spiro atoms. The standard InChI is InChI=1S/C15H20N2O/c18-14-15(6-8-16-9-7-15)11-13(17-14)10-12-4-2-1-3-5-12/h1-5,13,16H,6-11H2,(H,17,18). The predicted octanol–water partition coefficient (Wildman–Crippen LogP) is 1.49. The maximum absolute atomic E-state index is 12.2. The number of amides is 1. The van der Waals surface area contributed by atoms with E-state index in [4.69, 9.17) is 0 Å². The number of hydrogen-bond donors (Lipinski definition) is 2. The summed E-state index contributed by atoms with van der Waals surface area (Å²) in [7, 11) is 0. The van der Waals surface area contributed by atoms with Crippen LogP contribution in [0, 0.1) is 5.41 Å². The smallest absolute Gasteiger partial charge is 0.226 e. The van der Waals surface area contributed by atoms with Crippen LogP contribution in [0.1, 0.15) is 24.8 Å². The Hall–Kier alpha value is -1.35. The molecular formula is C15H20N2O. The molecule has 1 amide bonds. The van der Waals surface area contributed by atoms with E-state index in [1.54, 1.807) is 0 Å². The van der Waals surface area contributed by atoms with E-state index in [1.807, 2.05) is 6.07 Å². The van der Waals surface area contributed by atoms with Gasteiger partial charge in [-0.25, -0.2) is 0 Å². The van der Waals surface area contributed by atoms with Crippen LogP contribution < -0.4 is 10.6 Å². The zero-order valence-corrected chi connectivity index (χ0v) is 10.6. The number of rotatable bonds is 2. The molecule has 18 heavy (non-hydrogen) atoms. The van der Waals surface area contributed by atoms with Crippen LogP contribution in [0.25, 0.3) is 0 Å². The van der Waals surface area contributed by atoms with Gasteiger partial charge in [0.15, 0.2) is 0 Å². The Balaban J connectivity index is 1.68. The normalized spacial score (nSPS) is 26.2. The maximum atomic E-state index is 12.2. The lowest BCUT2D eigenvalue weighted by molar-refractivity contribution is -0.128. The highest BCUT2D eigenvalue weighted by Gasteiger charge is 2.46. The molecule has 0 saturated carbocycles. The van der Waals surface area contributed by atoms with Crippen molar-refractivity contribution < 1.29 is 4.79 Å². The highest BCUT2D eigenvalue weighted by atomic mass is 16.2. The van der Waals surface area contributed by atoms with Crippen LogP contribution in [0.3, 0.4) is 0 Å². The summed E-state index contributed by atoms with van der Waals surface area (Å²) in [4.78, 5) is 12.2. The van der Waals surface area contributed by atoms with E-state index >= 15 is 0 Å². The molecule has 3 nitrogen and oxygen atoms in total. The zero-order chi connectivity index (χ0) is 12.4. The van der Waals surface area contributed by atoms with Crippen LogP contribution in [0.4, 0.5) is 0 Å². The Labute approximate surface area is 108 Å². The van der Waals surface area contributed by atoms with Crippen molar-refractivity contribution in [2.24, 2.45) is 5.41 Å². The first-order chi connectivity index (χ1) is 8.78. The third kappa shape index (κ3) is 2.15. The lowest BCUT2D eigenvalue weighted by Crippen LogP contribution is -2.41. The van der Waals surface area contributed by atoms with Crippen LogP contribution in [0.15, 0.2) is 30.3 Å². The topological polar surface area (TPSA) is 41.1 Å². The third-order valence-electron chi connectivity index (χ3n) is 4.34. The molecule has 1 aromatic carbocycles. The fourth-order valence-corrected chi connectivity index (χ4v) is 3.31. The monoisotopic (exact) mass is 244 g/mol. The minimum absolute atomic E-state index is 0.0787. The molecule has 2 aliphatic heterocycles. The molecule has 3 heteroatoms. The second-order valence-electron chi connectivity index (χ2n) is 5.59. The highest BCUT2D eigenvalue weighted by Crippen LogP contribution is 2.39. The van der Waals surface area contributed by atoms with Crippen molar-refractivity contribution in [1.29, 1.82) is 0 Å². The average molecular weight is 244 g/mol. The number of piperidine rings is 1. The van der Waals surface area contributed by atoms with Gasteiger partial charge in [-0.15, -0.1) is 0 Å². The van der Waals surface area contributed by atoms with Crippen LogP contribution in [0.5, 0.6) is 0 Å². The van der Waals surface area contributed by atoms with E-state index in [-0.39, 0.29) is 11.3 Å². The quantitative estimate of drug-likeness (QED) is 0.827. The van der Waals surface area contributed by atoms with Crippen molar-refractivity contribution in [2.75, 3.05) is 13.1 Å². The molecule has 2 heterocycles. The van der Waals surface area contributed by atoms with E-state index in [0.717, 1.165) is 38.8 Å². The molecule has 2 saturated heterocycles. The molecule has 0 radical (unpaired) electrons. The summed E-state index contributed by atoms with van der Waals surface area (Å²) in [5, 5.41) is 6.54. The lowest BCUT2D eigenvalue weighted by Gasteiger charge is -2.31. The van der Waals surface area contributed by atoms with Gasteiger partial charge in [0.25, 0.3) is 0 Å². The van der Waals surface area contributed by atoms with Crippen molar-refractivity contribution in [2.45, 2.75) is 31.7 Å². The second kappa shape index (κ2) is 4.73. The molecule has 0 bridgehead atoms. The number of nitrogens with one attached hydrogen (secondary N) is 2. The van der Waals surface area contributed by atoms with Crippen molar-refractivity contribution >= 4 is 5.91 Å². The van der Waals surface area contributed by atoms with Gasteiger partial charge in [-0.3, -0.25) is 4.79 Å². The number of hydrogen-bond acceptors (Lipinski definition) is 2. The number of carbonyl (C=O) groups excluding carboxylic acids is 1. The van der Waals surface area contributed by atoms with Crippen molar-refractivity contribution in [1.82, 2.24) is 10.6 Å². The largest absolute Gasteiger partial charge is 0.353 e. The molecule has 2 fully saturated rings. The van der Waals surface area contributed by atoms with Gasteiger partial charge < -0.3 is 10.6 Å². The van der Waals surface area contributed by atoms with Crippen LogP contribution >= 0.6 is 0 Å². The first kappa shape index (κ1) is 11.7. The van der Waals surface area contributed by atoms with E-state index in [2.05, 4.69) is 34.9 Å². The minimum atomic E-state index is -0.0787. The molecule has 1 unspecified atom stereocenters. The van der Waals surface area contributed by atoms with Crippen molar-refractivity contribution in [3.05, 3.63) is 35.9 Å². The zero-order valence-electron chi connectivity index (χ0n) is 10.6. The van der Waals surface area contributed by atoms with Gasteiger partial charge in [0.1, 0.15) is 0 Å². The first-order valence-corrected chi connectivity index (χ1v) is 6.84. The Morgan fingerprint density at radius 2 is 1.89 bits per heavy atom. The maximum Gasteiger partial charge on any atom is 0.226 e. The van der Waals surface area contributed by atoms with Crippen molar-refractivity contribution in [3.8, 4) is 0 Å². The van der Waals surface area contributed by atoms with E-state index in [0.29, 0.717) is 6.04 Å². The summed E-state index contributed by atoms with van der Waals surface area (Å²) in [6, 6.07) is 10.8. The summed E-state index contributed by atoms with van der Waals surface area (Å²) < 4.78 is 0. The van der Waals surface area contributed by atoms with E-state index in [1.165, 1.54) is 5.56 Å². The minimum Gasteiger partial charge on any atom is -0.353 e. The van der Waals surface area contributed by atoms with Gasteiger partial charge in [0, 0.05) is 6.04 Å². The fraction of sp³-hybridized carbons (Fsp3) is 0.533. The van der Waals surface area contributed by atoms with Crippen molar-refractivity contribution in [3.63, 3.8) is 0 Å². The van der Waals surface area contributed by atoms with Gasteiger partial charge >= 0.3 is 0 Å². The molecule has 2 N–H and O–H groups in total. The third-order valence-corrected chi connectivity index (χ3v) is 4.34.